The predicted octanol–water partition coefficient (Wildman–Crippen LogP) is 3.13. The van der Waals surface area contributed by atoms with Crippen LogP contribution in [-0.2, 0) is 11.4 Å². The first-order chi connectivity index (χ1) is 7.77. The van der Waals surface area contributed by atoms with Crippen molar-refractivity contribution in [2.24, 2.45) is 11.1 Å². The van der Waals surface area contributed by atoms with Gasteiger partial charge in [-0.2, -0.15) is 5.26 Å². The lowest BCUT2D eigenvalue weighted by atomic mass is 10.0. The maximum atomic E-state index is 8.83. The Morgan fingerprint density at radius 3 is 2.69 bits per heavy atom. The number of hydrogen-bond acceptors (Lipinski definition) is 3. The molecule has 1 unspecified atom stereocenters. The van der Waals surface area contributed by atoms with Gasteiger partial charge < -0.3 is 4.84 Å². The number of benzene rings is 1. The molecule has 0 N–H and O–H groups in total. The van der Waals surface area contributed by atoms with Crippen molar-refractivity contribution >= 4 is 5.71 Å². The highest BCUT2D eigenvalue weighted by atomic mass is 16.6. The molecular weight excluding hydrogens is 200 g/mol. The molecule has 84 valence electrons. The van der Waals surface area contributed by atoms with E-state index in [0.717, 1.165) is 17.7 Å². The lowest BCUT2D eigenvalue weighted by molar-refractivity contribution is 0.129. The zero-order chi connectivity index (χ0) is 11.8. The van der Waals surface area contributed by atoms with Crippen LogP contribution < -0.4 is 0 Å². The third kappa shape index (κ3) is 3.74. The van der Waals surface area contributed by atoms with Gasteiger partial charge in [0.2, 0.25) is 0 Å². The molecule has 0 heterocycles. The molecule has 3 nitrogen and oxygen atoms in total. The van der Waals surface area contributed by atoms with E-state index in [1.807, 2.05) is 44.2 Å². The van der Waals surface area contributed by atoms with Gasteiger partial charge in [0.05, 0.1) is 17.7 Å². The maximum absolute atomic E-state index is 8.83. The van der Waals surface area contributed by atoms with E-state index in [9.17, 15) is 0 Å². The largest absolute Gasteiger partial charge is 0.391 e. The van der Waals surface area contributed by atoms with Crippen molar-refractivity contribution in [3.63, 3.8) is 0 Å². The van der Waals surface area contributed by atoms with Crippen LogP contribution >= 0.6 is 0 Å². The molecule has 1 atom stereocenters. The van der Waals surface area contributed by atoms with Gasteiger partial charge in [-0.1, -0.05) is 42.4 Å². The van der Waals surface area contributed by atoms with E-state index in [-0.39, 0.29) is 5.92 Å². The maximum Gasteiger partial charge on any atom is 0.142 e. The highest BCUT2D eigenvalue weighted by molar-refractivity contribution is 5.85. The Kier molecular flexibility index (Phi) is 5.07. The molecule has 0 aliphatic heterocycles. The summed E-state index contributed by atoms with van der Waals surface area (Å²) in [5.41, 5.74) is 1.81. The van der Waals surface area contributed by atoms with E-state index in [4.69, 9.17) is 10.1 Å². The molecule has 0 amide bonds. The Balaban J connectivity index is 2.46. The molecule has 0 aliphatic rings. The predicted molar refractivity (Wildman–Crippen MR) is 63.7 cm³/mol. The van der Waals surface area contributed by atoms with Crippen LogP contribution in [0.4, 0.5) is 0 Å². The molecule has 1 rings (SSSR count). The van der Waals surface area contributed by atoms with E-state index in [1.165, 1.54) is 0 Å². The Labute approximate surface area is 96.3 Å². The zero-order valence-corrected chi connectivity index (χ0v) is 9.68. The number of hydrogen-bond donors (Lipinski definition) is 0. The first-order valence-corrected chi connectivity index (χ1v) is 5.38. The molecule has 0 fully saturated rings. The van der Waals surface area contributed by atoms with Gasteiger partial charge in [0, 0.05) is 0 Å². The van der Waals surface area contributed by atoms with Crippen LogP contribution in [0, 0.1) is 17.2 Å². The first kappa shape index (κ1) is 12.3. The fraction of sp³-hybridized carbons (Fsp3) is 0.385. The van der Waals surface area contributed by atoms with Crippen molar-refractivity contribution in [2.75, 3.05) is 0 Å². The van der Waals surface area contributed by atoms with Gasteiger partial charge in [-0.25, -0.2) is 0 Å². The summed E-state index contributed by atoms with van der Waals surface area (Å²) < 4.78 is 0. The van der Waals surface area contributed by atoms with Crippen molar-refractivity contribution in [3.05, 3.63) is 35.9 Å². The number of rotatable bonds is 5. The SMILES string of the molecule is CCC(C#N)C(C)=NOCc1ccccc1. The Bertz CT molecular complexity index is 379. The second kappa shape index (κ2) is 6.62. The van der Waals surface area contributed by atoms with E-state index >= 15 is 0 Å². The van der Waals surface area contributed by atoms with Gasteiger partial charge in [0.1, 0.15) is 6.61 Å². The molecule has 0 bridgehead atoms. The van der Waals surface area contributed by atoms with Crippen LogP contribution in [0.25, 0.3) is 0 Å². The van der Waals surface area contributed by atoms with E-state index in [0.29, 0.717) is 6.61 Å². The molecule has 0 saturated heterocycles. The second-order valence-electron chi connectivity index (χ2n) is 3.58. The van der Waals surface area contributed by atoms with Gasteiger partial charge >= 0.3 is 0 Å². The lowest BCUT2D eigenvalue weighted by Gasteiger charge is -2.05. The minimum absolute atomic E-state index is 0.143. The van der Waals surface area contributed by atoms with E-state index in [2.05, 4.69) is 11.2 Å². The van der Waals surface area contributed by atoms with Crippen LogP contribution in [0.3, 0.4) is 0 Å². The van der Waals surface area contributed by atoms with Crippen LogP contribution in [0.2, 0.25) is 0 Å². The van der Waals surface area contributed by atoms with Crippen molar-refractivity contribution < 1.29 is 4.84 Å². The minimum Gasteiger partial charge on any atom is -0.391 e. The fourth-order valence-electron chi connectivity index (χ4n) is 1.33. The highest BCUT2D eigenvalue weighted by Gasteiger charge is 2.08. The summed E-state index contributed by atoms with van der Waals surface area (Å²) >= 11 is 0. The van der Waals surface area contributed by atoms with Crippen molar-refractivity contribution in [1.29, 1.82) is 5.26 Å². The molecular formula is C13H16N2O. The molecule has 0 aromatic heterocycles. The number of nitriles is 1. The second-order valence-corrected chi connectivity index (χ2v) is 3.58. The molecule has 16 heavy (non-hydrogen) atoms. The van der Waals surface area contributed by atoms with Crippen LogP contribution in [-0.4, -0.2) is 5.71 Å². The monoisotopic (exact) mass is 216 g/mol. The van der Waals surface area contributed by atoms with Gasteiger partial charge in [0.25, 0.3) is 0 Å². The highest BCUT2D eigenvalue weighted by Crippen LogP contribution is 2.06. The summed E-state index contributed by atoms with van der Waals surface area (Å²) in [6.07, 6.45) is 0.764. The molecule has 3 heteroatoms. The molecule has 0 aliphatic carbocycles. The van der Waals surface area contributed by atoms with Crippen LogP contribution in [0.15, 0.2) is 35.5 Å². The van der Waals surface area contributed by atoms with Crippen molar-refractivity contribution in [1.82, 2.24) is 0 Å². The zero-order valence-electron chi connectivity index (χ0n) is 9.68. The van der Waals surface area contributed by atoms with Gasteiger partial charge in [-0.05, 0) is 18.9 Å². The van der Waals surface area contributed by atoms with Crippen LogP contribution in [0.5, 0.6) is 0 Å². The summed E-state index contributed by atoms with van der Waals surface area (Å²) in [4.78, 5) is 5.20. The third-order valence-electron chi connectivity index (χ3n) is 2.35. The molecule has 0 radical (unpaired) electrons. The molecule has 1 aromatic carbocycles. The van der Waals surface area contributed by atoms with Gasteiger partial charge in [0.15, 0.2) is 0 Å². The summed E-state index contributed by atoms with van der Waals surface area (Å²) in [5.74, 6) is -0.143. The standard InChI is InChI=1S/C13H16N2O/c1-3-13(9-14)11(2)15-16-10-12-7-5-4-6-8-12/h4-8,13H,3,10H2,1-2H3. The topological polar surface area (TPSA) is 45.4 Å². The lowest BCUT2D eigenvalue weighted by Crippen LogP contribution is -2.08. The summed E-state index contributed by atoms with van der Waals surface area (Å²) in [6.45, 7) is 4.23. The van der Waals surface area contributed by atoms with E-state index < -0.39 is 0 Å². The molecule has 0 spiro atoms. The van der Waals surface area contributed by atoms with Gasteiger partial charge in [-0.15, -0.1) is 0 Å². The Hall–Kier alpha value is -1.82. The van der Waals surface area contributed by atoms with Crippen LogP contribution in [0.1, 0.15) is 25.8 Å². The Morgan fingerprint density at radius 1 is 1.44 bits per heavy atom. The smallest absolute Gasteiger partial charge is 0.142 e. The normalized spacial score (nSPS) is 12.9. The minimum atomic E-state index is -0.143. The van der Waals surface area contributed by atoms with Gasteiger partial charge in [-0.3, -0.25) is 0 Å². The fourth-order valence-corrected chi connectivity index (χ4v) is 1.33. The number of oxime groups is 1. The quantitative estimate of drug-likeness (QED) is 0.560. The van der Waals surface area contributed by atoms with Crippen molar-refractivity contribution in [3.8, 4) is 6.07 Å². The van der Waals surface area contributed by atoms with Crippen molar-refractivity contribution in [2.45, 2.75) is 26.9 Å². The summed E-state index contributed by atoms with van der Waals surface area (Å²) in [7, 11) is 0. The first-order valence-electron chi connectivity index (χ1n) is 5.38. The average molecular weight is 216 g/mol. The average Bonchev–Trinajstić information content (AvgIpc) is 2.32. The van der Waals surface area contributed by atoms with E-state index in [1.54, 1.807) is 0 Å². The summed E-state index contributed by atoms with van der Waals surface area (Å²) in [5, 5.41) is 12.8. The Morgan fingerprint density at radius 2 is 2.12 bits per heavy atom. The third-order valence-corrected chi connectivity index (χ3v) is 2.35. The molecule has 1 aromatic rings. The molecule has 0 saturated carbocycles. The number of nitrogens with zero attached hydrogens (tertiary/aromatic N) is 2. The summed E-state index contributed by atoms with van der Waals surface area (Å²) in [6, 6.07) is 12.0.